The molecular weight excluding hydrogens is 218 g/mol. The van der Waals surface area contributed by atoms with Crippen molar-refractivity contribution in [1.82, 2.24) is 4.90 Å². The van der Waals surface area contributed by atoms with Crippen molar-refractivity contribution in [3.8, 4) is 0 Å². The largest absolute Gasteiger partial charge is 0.480 e. The number of ether oxygens (including phenoxy) is 1. The Morgan fingerprint density at radius 1 is 1.53 bits per heavy atom. The van der Waals surface area contributed by atoms with E-state index in [9.17, 15) is 4.79 Å². The van der Waals surface area contributed by atoms with Crippen molar-refractivity contribution < 1.29 is 14.6 Å². The lowest BCUT2D eigenvalue weighted by atomic mass is 9.93. The van der Waals surface area contributed by atoms with Gasteiger partial charge in [0.05, 0.1) is 17.7 Å². The van der Waals surface area contributed by atoms with Crippen molar-refractivity contribution in [2.24, 2.45) is 0 Å². The second-order valence-electron chi connectivity index (χ2n) is 5.80. The summed E-state index contributed by atoms with van der Waals surface area (Å²) in [6.45, 7) is 12.4. The standard InChI is InChI=1S/C13H23NO3/c1-6-7-14(9-11(15)16)10-8-12(2,3)17-13(10,4)5/h6,10H,1,7-9H2,2-5H3,(H,15,16). The third kappa shape index (κ3) is 3.54. The number of nitrogens with zero attached hydrogens (tertiary/aromatic N) is 1. The highest BCUT2D eigenvalue weighted by atomic mass is 16.5. The van der Waals surface area contributed by atoms with Crippen molar-refractivity contribution in [2.75, 3.05) is 13.1 Å². The predicted octanol–water partition coefficient (Wildman–Crippen LogP) is 1.91. The Kier molecular flexibility index (Phi) is 3.99. The van der Waals surface area contributed by atoms with E-state index in [-0.39, 0.29) is 23.8 Å². The van der Waals surface area contributed by atoms with Crippen LogP contribution in [-0.4, -0.2) is 46.3 Å². The lowest BCUT2D eigenvalue weighted by molar-refractivity contribution is -0.139. The monoisotopic (exact) mass is 241 g/mol. The Morgan fingerprint density at radius 3 is 2.47 bits per heavy atom. The minimum atomic E-state index is -0.813. The number of carboxylic acid groups (broad SMARTS) is 1. The van der Waals surface area contributed by atoms with Gasteiger partial charge < -0.3 is 9.84 Å². The Hall–Kier alpha value is -0.870. The molecular formula is C13H23NO3. The number of carbonyl (C=O) groups is 1. The maximum absolute atomic E-state index is 10.9. The summed E-state index contributed by atoms with van der Waals surface area (Å²) in [6.07, 6.45) is 2.57. The second kappa shape index (κ2) is 4.78. The first-order valence-electron chi connectivity index (χ1n) is 5.95. The summed E-state index contributed by atoms with van der Waals surface area (Å²) in [5, 5.41) is 8.95. The molecule has 0 saturated carbocycles. The van der Waals surface area contributed by atoms with Crippen LogP contribution >= 0.6 is 0 Å². The predicted molar refractivity (Wildman–Crippen MR) is 67.1 cm³/mol. The van der Waals surface area contributed by atoms with E-state index in [2.05, 4.69) is 6.58 Å². The highest BCUT2D eigenvalue weighted by molar-refractivity contribution is 5.69. The molecule has 1 aliphatic rings. The van der Waals surface area contributed by atoms with Gasteiger partial charge >= 0.3 is 5.97 Å². The molecule has 1 atom stereocenters. The van der Waals surface area contributed by atoms with Gasteiger partial charge in [-0.25, -0.2) is 0 Å². The van der Waals surface area contributed by atoms with Crippen LogP contribution in [0.2, 0.25) is 0 Å². The summed E-state index contributed by atoms with van der Waals surface area (Å²) < 4.78 is 5.99. The molecule has 0 amide bonds. The summed E-state index contributed by atoms with van der Waals surface area (Å²) in [6, 6.07) is 0.103. The van der Waals surface area contributed by atoms with Gasteiger partial charge in [0, 0.05) is 12.6 Å². The highest BCUT2D eigenvalue weighted by Crippen LogP contribution is 2.39. The summed E-state index contributed by atoms with van der Waals surface area (Å²) in [4.78, 5) is 12.8. The fourth-order valence-electron chi connectivity index (χ4n) is 2.74. The summed E-state index contributed by atoms with van der Waals surface area (Å²) >= 11 is 0. The van der Waals surface area contributed by atoms with Crippen molar-refractivity contribution in [3.05, 3.63) is 12.7 Å². The smallest absolute Gasteiger partial charge is 0.317 e. The normalized spacial score (nSPS) is 26.1. The first-order chi connectivity index (χ1) is 7.68. The molecule has 0 bridgehead atoms. The number of rotatable bonds is 5. The van der Waals surface area contributed by atoms with Gasteiger partial charge in [-0.3, -0.25) is 9.69 Å². The molecule has 1 saturated heterocycles. The van der Waals surface area contributed by atoms with Gasteiger partial charge in [-0.05, 0) is 34.1 Å². The van der Waals surface area contributed by atoms with E-state index < -0.39 is 5.97 Å². The van der Waals surface area contributed by atoms with E-state index in [4.69, 9.17) is 9.84 Å². The lowest BCUT2D eigenvalue weighted by Crippen LogP contribution is -2.48. The third-order valence-electron chi connectivity index (χ3n) is 3.17. The molecule has 1 fully saturated rings. The minimum absolute atomic E-state index is 0.0273. The third-order valence-corrected chi connectivity index (χ3v) is 3.17. The average molecular weight is 241 g/mol. The molecule has 0 spiro atoms. The molecule has 0 aromatic carbocycles. The molecule has 1 heterocycles. The summed E-state index contributed by atoms with van der Waals surface area (Å²) in [7, 11) is 0. The SMILES string of the molecule is C=CCN(CC(=O)O)C1CC(C)(C)OC1(C)C. The van der Waals surface area contributed by atoms with Crippen LogP contribution in [0.1, 0.15) is 34.1 Å². The van der Waals surface area contributed by atoms with Crippen LogP contribution in [0.25, 0.3) is 0 Å². The maximum Gasteiger partial charge on any atom is 0.317 e. The molecule has 1 rings (SSSR count). The van der Waals surface area contributed by atoms with E-state index in [1.165, 1.54) is 0 Å². The lowest BCUT2D eigenvalue weighted by Gasteiger charge is -2.34. The molecule has 17 heavy (non-hydrogen) atoms. The fourth-order valence-corrected chi connectivity index (χ4v) is 2.74. The number of carboxylic acids is 1. The number of hydrogen-bond acceptors (Lipinski definition) is 3. The van der Waals surface area contributed by atoms with Gasteiger partial charge in [-0.2, -0.15) is 0 Å². The van der Waals surface area contributed by atoms with Crippen LogP contribution in [0.5, 0.6) is 0 Å². The molecule has 0 radical (unpaired) electrons. The zero-order chi connectivity index (χ0) is 13.3. The van der Waals surface area contributed by atoms with Crippen LogP contribution < -0.4 is 0 Å². The minimum Gasteiger partial charge on any atom is -0.480 e. The molecule has 4 nitrogen and oxygen atoms in total. The van der Waals surface area contributed by atoms with E-state index in [0.29, 0.717) is 6.54 Å². The molecule has 1 aliphatic heterocycles. The Labute approximate surface area is 103 Å². The quantitative estimate of drug-likeness (QED) is 0.747. The first kappa shape index (κ1) is 14.2. The molecule has 98 valence electrons. The van der Waals surface area contributed by atoms with Gasteiger partial charge in [0.1, 0.15) is 0 Å². The van der Waals surface area contributed by atoms with Crippen LogP contribution in [-0.2, 0) is 9.53 Å². The maximum atomic E-state index is 10.9. The summed E-state index contributed by atoms with van der Waals surface area (Å²) in [5.74, 6) is -0.813. The van der Waals surface area contributed by atoms with Crippen molar-refractivity contribution in [3.63, 3.8) is 0 Å². The van der Waals surface area contributed by atoms with Gasteiger partial charge in [0.25, 0.3) is 0 Å². The molecule has 0 aromatic heterocycles. The van der Waals surface area contributed by atoms with E-state index in [1.54, 1.807) is 6.08 Å². The average Bonchev–Trinajstić information content (AvgIpc) is 2.32. The second-order valence-corrected chi connectivity index (χ2v) is 5.80. The molecule has 0 aromatic rings. The number of hydrogen-bond donors (Lipinski definition) is 1. The molecule has 0 aliphatic carbocycles. The first-order valence-corrected chi connectivity index (χ1v) is 5.95. The van der Waals surface area contributed by atoms with Crippen LogP contribution in [0, 0.1) is 0 Å². The van der Waals surface area contributed by atoms with Crippen LogP contribution in [0.15, 0.2) is 12.7 Å². The fraction of sp³-hybridized carbons (Fsp3) is 0.769. The zero-order valence-corrected chi connectivity index (χ0v) is 11.2. The van der Waals surface area contributed by atoms with Gasteiger partial charge in [0.2, 0.25) is 0 Å². The summed E-state index contributed by atoms with van der Waals surface area (Å²) in [5.41, 5.74) is -0.534. The van der Waals surface area contributed by atoms with Gasteiger partial charge in [0.15, 0.2) is 0 Å². The van der Waals surface area contributed by atoms with Gasteiger partial charge in [-0.1, -0.05) is 6.08 Å². The van der Waals surface area contributed by atoms with Crippen LogP contribution in [0.3, 0.4) is 0 Å². The topological polar surface area (TPSA) is 49.8 Å². The molecule has 1 N–H and O–H groups in total. The Bertz CT molecular complexity index is 310. The van der Waals surface area contributed by atoms with Crippen molar-refractivity contribution in [1.29, 1.82) is 0 Å². The highest BCUT2D eigenvalue weighted by Gasteiger charge is 2.48. The van der Waals surface area contributed by atoms with Crippen LogP contribution in [0.4, 0.5) is 0 Å². The Balaban J connectivity index is 2.86. The van der Waals surface area contributed by atoms with E-state index in [0.717, 1.165) is 6.42 Å². The van der Waals surface area contributed by atoms with Gasteiger partial charge in [-0.15, -0.1) is 6.58 Å². The zero-order valence-electron chi connectivity index (χ0n) is 11.2. The van der Waals surface area contributed by atoms with E-state index in [1.807, 2.05) is 32.6 Å². The van der Waals surface area contributed by atoms with Crippen molar-refractivity contribution >= 4 is 5.97 Å². The van der Waals surface area contributed by atoms with E-state index >= 15 is 0 Å². The van der Waals surface area contributed by atoms with Crippen molar-refractivity contribution in [2.45, 2.75) is 51.4 Å². The number of aliphatic carboxylic acids is 1. The Morgan fingerprint density at radius 2 is 2.12 bits per heavy atom. The molecule has 4 heteroatoms. The molecule has 1 unspecified atom stereocenters.